The lowest BCUT2D eigenvalue weighted by atomic mass is 9.96. The lowest BCUT2D eigenvalue weighted by molar-refractivity contribution is 0.375. The molecule has 5 rings (SSSR count). The fourth-order valence-corrected chi connectivity index (χ4v) is 5.44. The fourth-order valence-electron chi connectivity index (χ4n) is 3.97. The Kier molecular flexibility index (Phi) is 4.83. The Morgan fingerprint density at radius 2 is 2.07 bits per heavy atom. The lowest BCUT2D eigenvalue weighted by Crippen LogP contribution is -2.40. The molecule has 1 aliphatic heterocycles. The van der Waals surface area contributed by atoms with E-state index < -0.39 is 0 Å². The van der Waals surface area contributed by atoms with Gasteiger partial charge in [-0.25, -0.2) is 9.97 Å². The van der Waals surface area contributed by atoms with Crippen LogP contribution in [0, 0.1) is 0 Å². The van der Waals surface area contributed by atoms with Gasteiger partial charge in [-0.15, -0.1) is 0 Å². The number of nitrogens with one attached hydrogen (secondary N) is 2. The van der Waals surface area contributed by atoms with Crippen LogP contribution in [0.25, 0.3) is 11.2 Å². The van der Waals surface area contributed by atoms with Gasteiger partial charge in [-0.1, -0.05) is 37.1 Å². The molecule has 2 aromatic heterocycles. The molecule has 1 aromatic carbocycles. The molecule has 1 fully saturated rings. The minimum absolute atomic E-state index is 0.282. The standard InChI is InChI=1S/C20H22BrN5S/c21-18-9-8-16-19(25-18)26(12-22-16)11-13-6-7-15-17(10-13)27-20(24-15)23-14-4-2-1-3-5-14/h6-10,12,14,20,23-24H,1-5,11H2. The first-order chi connectivity index (χ1) is 13.2. The molecular weight excluding hydrogens is 422 g/mol. The summed E-state index contributed by atoms with van der Waals surface area (Å²) in [5, 5.41) is 7.40. The second kappa shape index (κ2) is 7.45. The van der Waals surface area contributed by atoms with Crippen LogP contribution in [-0.2, 0) is 6.54 Å². The number of imidazole rings is 1. The van der Waals surface area contributed by atoms with Crippen LogP contribution in [0.2, 0.25) is 0 Å². The van der Waals surface area contributed by atoms with Gasteiger partial charge in [-0.05, 0) is 58.6 Å². The highest BCUT2D eigenvalue weighted by Crippen LogP contribution is 2.38. The molecule has 7 heteroatoms. The third-order valence-electron chi connectivity index (χ3n) is 5.35. The number of halogens is 1. The summed E-state index contributed by atoms with van der Waals surface area (Å²) in [6.45, 7) is 0.772. The molecule has 0 bridgehead atoms. The van der Waals surface area contributed by atoms with Crippen LogP contribution in [0.4, 0.5) is 5.69 Å². The van der Waals surface area contributed by atoms with Crippen molar-refractivity contribution < 1.29 is 0 Å². The number of benzene rings is 1. The first-order valence-corrected chi connectivity index (χ1v) is 11.2. The summed E-state index contributed by atoms with van der Waals surface area (Å²) in [5.41, 5.74) is 4.61. The van der Waals surface area contributed by atoms with Crippen molar-refractivity contribution >= 4 is 44.5 Å². The van der Waals surface area contributed by atoms with Crippen molar-refractivity contribution in [3.05, 3.63) is 46.8 Å². The zero-order valence-corrected chi connectivity index (χ0v) is 17.4. The molecule has 1 unspecified atom stereocenters. The molecule has 1 atom stereocenters. The average Bonchev–Trinajstić information content (AvgIpc) is 3.26. The van der Waals surface area contributed by atoms with E-state index in [2.05, 4.69) is 59.3 Å². The summed E-state index contributed by atoms with van der Waals surface area (Å²) in [7, 11) is 0. The van der Waals surface area contributed by atoms with Crippen molar-refractivity contribution in [3.8, 4) is 0 Å². The number of hydrogen-bond donors (Lipinski definition) is 2. The van der Waals surface area contributed by atoms with E-state index in [1.54, 1.807) is 0 Å². The van der Waals surface area contributed by atoms with Crippen molar-refractivity contribution in [1.82, 2.24) is 19.9 Å². The van der Waals surface area contributed by atoms with Gasteiger partial charge in [0, 0.05) is 16.6 Å². The van der Waals surface area contributed by atoms with Crippen molar-refractivity contribution in [2.24, 2.45) is 0 Å². The van der Waals surface area contributed by atoms with Crippen molar-refractivity contribution in [2.75, 3.05) is 5.32 Å². The largest absolute Gasteiger partial charge is 0.360 e. The van der Waals surface area contributed by atoms with E-state index in [1.165, 1.54) is 48.3 Å². The van der Waals surface area contributed by atoms with E-state index in [4.69, 9.17) is 0 Å². The summed E-state index contributed by atoms with van der Waals surface area (Å²) in [6.07, 6.45) is 8.58. The van der Waals surface area contributed by atoms with Gasteiger partial charge in [0.15, 0.2) is 5.65 Å². The van der Waals surface area contributed by atoms with E-state index in [0.29, 0.717) is 6.04 Å². The van der Waals surface area contributed by atoms with E-state index in [-0.39, 0.29) is 5.50 Å². The Bertz CT molecular complexity index is 966. The SMILES string of the molecule is Brc1ccc2ncn(Cc3ccc4c(c3)SC(NC3CCCCC3)N4)c2n1. The summed E-state index contributed by atoms with van der Waals surface area (Å²) in [6, 6.07) is 11.3. The minimum atomic E-state index is 0.282. The highest BCUT2D eigenvalue weighted by molar-refractivity contribution is 9.10. The molecule has 27 heavy (non-hydrogen) atoms. The molecule has 0 saturated heterocycles. The Labute approximate surface area is 171 Å². The van der Waals surface area contributed by atoms with Crippen LogP contribution in [-0.4, -0.2) is 26.1 Å². The molecule has 3 aromatic rings. The van der Waals surface area contributed by atoms with Gasteiger partial charge in [0.1, 0.15) is 15.6 Å². The predicted molar refractivity (Wildman–Crippen MR) is 114 cm³/mol. The maximum atomic E-state index is 4.57. The van der Waals surface area contributed by atoms with E-state index in [9.17, 15) is 0 Å². The van der Waals surface area contributed by atoms with Gasteiger partial charge >= 0.3 is 0 Å². The van der Waals surface area contributed by atoms with Crippen LogP contribution >= 0.6 is 27.7 Å². The van der Waals surface area contributed by atoms with Gasteiger partial charge in [0.2, 0.25) is 0 Å². The second-order valence-electron chi connectivity index (χ2n) is 7.32. The molecular formula is C20H22BrN5S. The van der Waals surface area contributed by atoms with Crippen LogP contribution in [0.15, 0.2) is 46.2 Å². The third-order valence-corrected chi connectivity index (χ3v) is 6.87. The molecule has 2 N–H and O–H groups in total. The number of anilines is 1. The zero-order valence-electron chi connectivity index (χ0n) is 15.0. The molecule has 1 saturated carbocycles. The zero-order chi connectivity index (χ0) is 18.2. The Morgan fingerprint density at radius 3 is 2.96 bits per heavy atom. The molecule has 5 nitrogen and oxygen atoms in total. The number of pyridine rings is 1. The summed E-state index contributed by atoms with van der Waals surface area (Å²) < 4.78 is 2.94. The number of hydrogen-bond acceptors (Lipinski definition) is 5. The molecule has 0 spiro atoms. The summed E-state index contributed by atoms with van der Waals surface area (Å²) >= 11 is 5.35. The maximum Gasteiger partial charge on any atom is 0.161 e. The van der Waals surface area contributed by atoms with E-state index in [0.717, 1.165) is 22.3 Å². The van der Waals surface area contributed by atoms with Gasteiger partial charge in [0.05, 0.1) is 12.9 Å². The van der Waals surface area contributed by atoms with Gasteiger partial charge in [-0.2, -0.15) is 0 Å². The monoisotopic (exact) mass is 443 g/mol. The molecule has 140 valence electrons. The molecule has 1 aliphatic carbocycles. The topological polar surface area (TPSA) is 54.8 Å². The second-order valence-corrected chi connectivity index (χ2v) is 9.28. The quantitative estimate of drug-likeness (QED) is 0.557. The van der Waals surface area contributed by atoms with Gasteiger partial charge in [-0.3, -0.25) is 5.32 Å². The Hall–Kier alpha value is -1.57. The van der Waals surface area contributed by atoms with Crippen LogP contribution in [0.3, 0.4) is 0 Å². The highest BCUT2D eigenvalue weighted by atomic mass is 79.9. The Balaban J connectivity index is 1.30. The normalized spacial score (nSPS) is 20.0. The first kappa shape index (κ1) is 17.5. The van der Waals surface area contributed by atoms with E-state index in [1.807, 2.05) is 30.2 Å². The number of aromatic nitrogens is 3. The van der Waals surface area contributed by atoms with Crippen molar-refractivity contribution in [2.45, 2.75) is 55.1 Å². The van der Waals surface area contributed by atoms with Crippen LogP contribution in [0.5, 0.6) is 0 Å². The van der Waals surface area contributed by atoms with Gasteiger partial charge in [0.25, 0.3) is 0 Å². The van der Waals surface area contributed by atoms with E-state index >= 15 is 0 Å². The molecule has 0 radical (unpaired) electrons. The number of nitrogens with zero attached hydrogens (tertiary/aromatic N) is 3. The van der Waals surface area contributed by atoms with Crippen molar-refractivity contribution in [3.63, 3.8) is 0 Å². The van der Waals surface area contributed by atoms with Crippen LogP contribution in [0.1, 0.15) is 37.7 Å². The van der Waals surface area contributed by atoms with Crippen LogP contribution < -0.4 is 10.6 Å². The first-order valence-electron chi connectivity index (χ1n) is 9.54. The maximum absolute atomic E-state index is 4.57. The Morgan fingerprint density at radius 1 is 1.19 bits per heavy atom. The number of thioether (sulfide) groups is 1. The predicted octanol–water partition coefficient (Wildman–Crippen LogP) is 4.97. The third kappa shape index (κ3) is 3.73. The van der Waals surface area contributed by atoms with Crippen molar-refractivity contribution in [1.29, 1.82) is 0 Å². The molecule has 3 heterocycles. The summed E-state index contributed by atoms with van der Waals surface area (Å²) in [4.78, 5) is 10.3. The highest BCUT2D eigenvalue weighted by Gasteiger charge is 2.25. The lowest BCUT2D eigenvalue weighted by Gasteiger charge is -2.26. The molecule has 0 amide bonds. The summed E-state index contributed by atoms with van der Waals surface area (Å²) in [5.74, 6) is 0. The fraction of sp³-hybridized carbons (Fsp3) is 0.400. The van der Waals surface area contributed by atoms with Gasteiger partial charge < -0.3 is 9.88 Å². The minimum Gasteiger partial charge on any atom is -0.360 e. The average molecular weight is 444 g/mol. The number of fused-ring (bicyclic) bond motifs is 2. The smallest absolute Gasteiger partial charge is 0.161 e. The number of rotatable bonds is 4. The molecule has 2 aliphatic rings.